The minimum absolute atomic E-state index is 0.167. The van der Waals surface area contributed by atoms with E-state index in [2.05, 4.69) is 0 Å². The highest BCUT2D eigenvalue weighted by Gasteiger charge is 2.11. The molecule has 0 fully saturated rings. The van der Waals surface area contributed by atoms with Crippen molar-refractivity contribution in [3.63, 3.8) is 0 Å². The maximum absolute atomic E-state index is 9.44. The summed E-state index contributed by atoms with van der Waals surface area (Å²) in [6, 6.07) is 0. The van der Waals surface area contributed by atoms with Gasteiger partial charge in [-0.25, -0.2) is 0 Å². The predicted molar refractivity (Wildman–Crippen MR) is 76.6 cm³/mol. The minimum atomic E-state index is -1.61. The Labute approximate surface area is 131 Å². The van der Waals surface area contributed by atoms with Gasteiger partial charge in [0.15, 0.2) is 4.30 Å². The third-order valence-corrected chi connectivity index (χ3v) is 0. The third kappa shape index (κ3) is 1220. The van der Waals surface area contributed by atoms with Crippen LogP contribution in [0.25, 0.3) is 0 Å². The summed E-state index contributed by atoms with van der Waals surface area (Å²) in [5.41, 5.74) is 0. The largest absolute Gasteiger partial charge is 0.397 e. The van der Waals surface area contributed by atoms with Gasteiger partial charge in [0.1, 0.15) is 5.78 Å². The topological polar surface area (TPSA) is 37.3 Å². The minimum Gasteiger partial charge on any atom is -0.397 e. The lowest BCUT2D eigenvalue weighted by atomic mass is 10.6. The van der Waals surface area contributed by atoms with Crippen LogP contribution in [-0.4, -0.2) is 25.0 Å². The maximum Gasteiger partial charge on any atom is 0.266 e. The van der Waals surface area contributed by atoms with E-state index in [-0.39, 0.29) is 12.4 Å². The Morgan fingerprint density at radius 3 is 1.12 bits per heavy atom. The van der Waals surface area contributed by atoms with Gasteiger partial charge in [-0.3, -0.25) is 0 Å². The molecular formula is C7H13Cl7O2. The van der Waals surface area contributed by atoms with Crippen molar-refractivity contribution in [2.45, 2.75) is 28.3 Å². The second-order valence-corrected chi connectivity index (χ2v) is 7.31. The molecule has 0 saturated carbocycles. The SMILES string of the molecule is CC(C)=O.CCO.ClC(Cl)(Cl)Cl.ClC(Cl)Cl. The molecule has 9 heteroatoms. The number of hydrogen-bond donors (Lipinski definition) is 1. The van der Waals surface area contributed by atoms with Gasteiger partial charge in [0.05, 0.1) is 0 Å². The summed E-state index contributed by atoms with van der Waals surface area (Å²) in [6.07, 6.45) is 0. The summed E-state index contributed by atoms with van der Waals surface area (Å²) in [4.78, 5) is 9.44. The smallest absolute Gasteiger partial charge is 0.266 e. The Bertz CT molecular complexity index is 122. The van der Waals surface area contributed by atoms with E-state index >= 15 is 0 Å². The number of aliphatic hydroxyl groups is 1. The lowest BCUT2D eigenvalue weighted by molar-refractivity contribution is -0.114. The first-order valence-corrected chi connectivity index (χ1v) is 6.46. The lowest BCUT2D eigenvalue weighted by Crippen LogP contribution is -1.81. The van der Waals surface area contributed by atoms with E-state index in [4.69, 9.17) is 86.3 Å². The van der Waals surface area contributed by atoms with Crippen LogP contribution in [0, 0.1) is 0 Å². The van der Waals surface area contributed by atoms with Crippen molar-refractivity contribution in [1.29, 1.82) is 0 Å². The van der Waals surface area contributed by atoms with Gasteiger partial charge in [-0.1, -0.05) is 81.2 Å². The molecule has 2 nitrogen and oxygen atoms in total. The zero-order valence-corrected chi connectivity index (χ0v) is 14.1. The molecule has 0 aromatic carbocycles. The maximum atomic E-state index is 9.44. The Morgan fingerprint density at radius 2 is 1.12 bits per heavy atom. The Hall–Kier alpha value is 1.66. The molecule has 0 atom stereocenters. The number of halogens is 7. The zero-order valence-electron chi connectivity index (χ0n) is 8.79. The van der Waals surface area contributed by atoms with Gasteiger partial charge in [-0.2, -0.15) is 0 Å². The fraction of sp³-hybridized carbons (Fsp3) is 0.857. The lowest BCUT2D eigenvalue weighted by Gasteiger charge is -1.91. The van der Waals surface area contributed by atoms with Gasteiger partial charge in [-0.15, -0.1) is 0 Å². The highest BCUT2D eigenvalue weighted by molar-refractivity contribution is 6.83. The Morgan fingerprint density at radius 1 is 1.12 bits per heavy atom. The number of carbonyl (C=O) groups is 1. The molecule has 0 aliphatic heterocycles. The molecule has 1 N–H and O–H groups in total. The number of ketones is 1. The standard InChI is InChI=1S/C3H6O.C2H6O.CCl4.CHCl3/c1-3(2)4;1-2-3;2-1(3,4)5;2-1(3)4/h1-2H3;3H,2H2,1H3;;1H. The van der Waals surface area contributed by atoms with E-state index < -0.39 is 7.55 Å². The van der Waals surface area contributed by atoms with Crippen LogP contribution in [0.2, 0.25) is 0 Å². The first kappa shape index (κ1) is 26.3. The van der Waals surface area contributed by atoms with E-state index in [0.29, 0.717) is 0 Å². The summed E-state index contributed by atoms with van der Waals surface area (Å²) in [5.74, 6) is 0.167. The van der Waals surface area contributed by atoms with Crippen LogP contribution in [0.5, 0.6) is 0 Å². The summed E-state index contributed by atoms with van der Waals surface area (Å²) < 4.78 is -2.36. The molecule has 0 saturated heterocycles. The first-order chi connectivity index (χ1) is 6.88. The number of hydrogen-bond acceptors (Lipinski definition) is 2. The van der Waals surface area contributed by atoms with Crippen molar-refractivity contribution in [1.82, 2.24) is 0 Å². The van der Waals surface area contributed by atoms with Crippen LogP contribution in [0.15, 0.2) is 0 Å². The van der Waals surface area contributed by atoms with Crippen molar-refractivity contribution >= 4 is 87.0 Å². The normalized spacial score (nSPS) is 8.75. The fourth-order valence-electron chi connectivity index (χ4n) is 0. The zero-order chi connectivity index (χ0) is 14.4. The van der Waals surface area contributed by atoms with E-state index in [1.807, 2.05) is 0 Å². The highest BCUT2D eigenvalue weighted by Crippen LogP contribution is 2.29. The summed E-state index contributed by atoms with van der Waals surface area (Å²) in [7, 11) is 0. The van der Waals surface area contributed by atoms with Crippen LogP contribution in [0.1, 0.15) is 20.8 Å². The average molecular weight is 377 g/mol. The van der Waals surface area contributed by atoms with Crippen molar-refractivity contribution in [3.05, 3.63) is 0 Å². The summed E-state index contributed by atoms with van der Waals surface area (Å²) >= 11 is 33.7. The van der Waals surface area contributed by atoms with E-state index in [9.17, 15) is 4.79 Å². The molecule has 0 heterocycles. The second-order valence-electron chi connectivity index (χ2n) is 1.90. The molecule has 0 bridgehead atoms. The van der Waals surface area contributed by atoms with Gasteiger partial charge in [-0.05, 0) is 20.8 Å². The van der Waals surface area contributed by atoms with Crippen LogP contribution in [0.4, 0.5) is 0 Å². The average Bonchev–Trinajstić information content (AvgIpc) is 1.78. The van der Waals surface area contributed by atoms with Crippen LogP contribution >= 0.6 is 81.2 Å². The van der Waals surface area contributed by atoms with E-state index in [1.54, 1.807) is 6.92 Å². The number of Topliss-reactive ketones (excluding diaryl/α,β-unsaturated/α-hetero) is 1. The van der Waals surface area contributed by atoms with Gasteiger partial charge in [0.2, 0.25) is 0 Å². The number of carbonyl (C=O) groups excluding carboxylic acids is 1. The molecule has 16 heavy (non-hydrogen) atoms. The third-order valence-electron chi connectivity index (χ3n) is 0. The van der Waals surface area contributed by atoms with Crippen LogP contribution < -0.4 is 0 Å². The molecule has 0 aromatic heterocycles. The van der Waals surface area contributed by atoms with Crippen molar-refractivity contribution in [3.8, 4) is 0 Å². The quantitative estimate of drug-likeness (QED) is 0.594. The Balaban J connectivity index is -0.0000000610. The monoisotopic (exact) mass is 374 g/mol. The van der Waals surface area contributed by atoms with Gasteiger partial charge < -0.3 is 9.90 Å². The molecule has 0 rings (SSSR count). The summed E-state index contributed by atoms with van der Waals surface area (Å²) in [6.45, 7) is 4.99. The van der Waals surface area contributed by atoms with Crippen LogP contribution in [0.3, 0.4) is 0 Å². The number of aliphatic hydroxyl groups excluding tert-OH is 1. The van der Waals surface area contributed by atoms with Crippen molar-refractivity contribution in [2.75, 3.05) is 6.61 Å². The molecule has 0 aliphatic carbocycles. The molecule has 0 aromatic rings. The molecule has 102 valence electrons. The molecule has 0 radical (unpaired) electrons. The van der Waals surface area contributed by atoms with Crippen LogP contribution in [-0.2, 0) is 4.79 Å². The van der Waals surface area contributed by atoms with Gasteiger partial charge in [0, 0.05) is 6.61 Å². The highest BCUT2D eigenvalue weighted by atomic mass is 35.6. The van der Waals surface area contributed by atoms with E-state index in [1.165, 1.54) is 13.8 Å². The van der Waals surface area contributed by atoms with Crippen molar-refractivity contribution in [2.24, 2.45) is 0 Å². The molecular weight excluding hydrogens is 364 g/mol. The van der Waals surface area contributed by atoms with Crippen molar-refractivity contribution < 1.29 is 9.90 Å². The van der Waals surface area contributed by atoms with Gasteiger partial charge >= 0.3 is 0 Å². The fourth-order valence-corrected chi connectivity index (χ4v) is 0. The van der Waals surface area contributed by atoms with E-state index in [0.717, 1.165) is 0 Å². The molecule has 0 unspecified atom stereocenters. The number of rotatable bonds is 0. The molecule has 0 aliphatic rings. The molecule has 0 amide bonds. The molecule has 0 spiro atoms. The van der Waals surface area contributed by atoms with Gasteiger partial charge in [0.25, 0.3) is 3.25 Å². The first-order valence-electron chi connectivity index (χ1n) is 3.64. The number of alkyl halides is 7. The second kappa shape index (κ2) is 19.0. The Kier molecular flexibility index (Phi) is 31.2. The predicted octanol–water partition coefficient (Wildman–Crippen LogP) is 5.13. The summed E-state index contributed by atoms with van der Waals surface area (Å²) in [5, 5.41) is 7.57.